The first kappa shape index (κ1) is 10.8. The molecule has 0 fully saturated rings. The molecule has 0 saturated carbocycles. The number of carbonyl (C=O) groups excluding carboxylic acids is 1. The highest BCUT2D eigenvalue weighted by molar-refractivity contribution is 7.92. The standard InChI is InChI=1S/C5H10O4S2/c1-11(8,9)5-4-10(7)3-2-6/h2H,3-5H2,1H3. The normalized spacial score (nSPS) is 14.3. The van der Waals surface area contributed by atoms with Gasteiger partial charge in [0.25, 0.3) is 0 Å². The van der Waals surface area contributed by atoms with Crippen molar-refractivity contribution in [3.8, 4) is 0 Å². The summed E-state index contributed by atoms with van der Waals surface area (Å²) in [5, 5.41) is 0. The van der Waals surface area contributed by atoms with Gasteiger partial charge in [0.15, 0.2) is 0 Å². The third-order valence-electron chi connectivity index (χ3n) is 0.936. The van der Waals surface area contributed by atoms with E-state index in [9.17, 15) is 17.4 Å². The molecule has 11 heavy (non-hydrogen) atoms. The van der Waals surface area contributed by atoms with Crippen molar-refractivity contribution in [1.29, 1.82) is 0 Å². The van der Waals surface area contributed by atoms with E-state index in [0.29, 0.717) is 6.29 Å². The third kappa shape index (κ3) is 7.67. The summed E-state index contributed by atoms with van der Waals surface area (Å²) in [6.45, 7) is 0. The molecule has 0 aromatic rings. The van der Waals surface area contributed by atoms with Gasteiger partial charge in [0.05, 0.1) is 11.5 Å². The van der Waals surface area contributed by atoms with Crippen LogP contribution in [0, 0.1) is 0 Å². The molecule has 0 aliphatic heterocycles. The van der Waals surface area contributed by atoms with E-state index in [1.807, 2.05) is 0 Å². The van der Waals surface area contributed by atoms with Crippen molar-refractivity contribution < 1.29 is 17.4 Å². The Morgan fingerprint density at radius 1 is 1.45 bits per heavy atom. The van der Waals surface area contributed by atoms with Crippen LogP contribution >= 0.6 is 0 Å². The average Bonchev–Trinajstić information content (AvgIpc) is 1.83. The maximum Gasteiger partial charge on any atom is 0.148 e. The smallest absolute Gasteiger partial charge is 0.148 e. The number of hydrogen-bond acceptors (Lipinski definition) is 4. The van der Waals surface area contributed by atoms with E-state index in [1.165, 1.54) is 0 Å². The molecule has 0 N–H and O–H groups in total. The van der Waals surface area contributed by atoms with Gasteiger partial charge in [-0.3, -0.25) is 4.21 Å². The Morgan fingerprint density at radius 3 is 2.36 bits per heavy atom. The molecule has 0 heterocycles. The molecule has 0 amide bonds. The molecule has 1 atom stereocenters. The van der Waals surface area contributed by atoms with E-state index in [1.54, 1.807) is 0 Å². The number of carbonyl (C=O) groups is 1. The fourth-order valence-electron chi connectivity index (χ4n) is 0.404. The van der Waals surface area contributed by atoms with E-state index < -0.39 is 20.6 Å². The predicted molar refractivity (Wildman–Crippen MR) is 43.7 cm³/mol. The molecule has 4 nitrogen and oxygen atoms in total. The van der Waals surface area contributed by atoms with Crippen molar-refractivity contribution in [2.24, 2.45) is 0 Å². The van der Waals surface area contributed by atoms with Gasteiger partial charge < -0.3 is 4.79 Å². The minimum absolute atomic E-state index is 0.0531. The maximum atomic E-state index is 10.7. The van der Waals surface area contributed by atoms with Crippen molar-refractivity contribution in [2.75, 3.05) is 23.5 Å². The molecular formula is C5H10O4S2. The van der Waals surface area contributed by atoms with E-state index >= 15 is 0 Å². The molecular weight excluding hydrogens is 188 g/mol. The lowest BCUT2D eigenvalue weighted by atomic mass is 10.9. The lowest BCUT2D eigenvalue weighted by Gasteiger charge is -1.95. The van der Waals surface area contributed by atoms with Gasteiger partial charge in [-0.25, -0.2) is 8.42 Å². The van der Waals surface area contributed by atoms with Crippen LogP contribution in [0.1, 0.15) is 0 Å². The van der Waals surface area contributed by atoms with E-state index in [2.05, 4.69) is 0 Å². The molecule has 0 saturated heterocycles. The van der Waals surface area contributed by atoms with Gasteiger partial charge >= 0.3 is 0 Å². The predicted octanol–water partition coefficient (Wildman–Crippen LogP) is -1.02. The summed E-state index contributed by atoms with van der Waals surface area (Å²) < 4.78 is 31.7. The second-order valence-electron chi connectivity index (χ2n) is 2.11. The Kier molecular flexibility index (Phi) is 4.51. The van der Waals surface area contributed by atoms with Gasteiger partial charge in [-0.2, -0.15) is 0 Å². The second-order valence-corrected chi connectivity index (χ2v) is 5.99. The van der Waals surface area contributed by atoms with Crippen LogP contribution in [0.2, 0.25) is 0 Å². The van der Waals surface area contributed by atoms with Crippen LogP contribution in [0.4, 0.5) is 0 Å². The Hall–Kier alpha value is -0.230. The number of hydrogen-bond donors (Lipinski definition) is 0. The van der Waals surface area contributed by atoms with Crippen molar-refractivity contribution in [3.05, 3.63) is 0 Å². The Labute approximate surface area is 68.4 Å². The molecule has 6 heteroatoms. The first-order chi connectivity index (χ1) is 4.95. The highest BCUT2D eigenvalue weighted by Crippen LogP contribution is 1.86. The van der Waals surface area contributed by atoms with Gasteiger partial charge in [0.2, 0.25) is 0 Å². The summed E-state index contributed by atoms with van der Waals surface area (Å²) in [5.74, 6) is -0.138. The molecule has 66 valence electrons. The Balaban J connectivity index is 3.72. The van der Waals surface area contributed by atoms with E-state index in [0.717, 1.165) is 6.26 Å². The first-order valence-electron chi connectivity index (χ1n) is 2.92. The van der Waals surface area contributed by atoms with Crippen LogP contribution < -0.4 is 0 Å². The lowest BCUT2D eigenvalue weighted by Crippen LogP contribution is -2.13. The number of rotatable bonds is 5. The van der Waals surface area contributed by atoms with E-state index in [4.69, 9.17) is 0 Å². The van der Waals surface area contributed by atoms with Crippen molar-refractivity contribution >= 4 is 26.9 Å². The summed E-state index contributed by atoms with van der Waals surface area (Å²) in [6.07, 6.45) is 1.60. The monoisotopic (exact) mass is 198 g/mol. The third-order valence-corrected chi connectivity index (χ3v) is 3.31. The van der Waals surface area contributed by atoms with Crippen LogP contribution in [0.15, 0.2) is 0 Å². The summed E-state index contributed by atoms with van der Waals surface area (Å²) >= 11 is 0. The van der Waals surface area contributed by atoms with Crippen molar-refractivity contribution in [3.63, 3.8) is 0 Å². The molecule has 0 aromatic heterocycles. The molecule has 0 radical (unpaired) electrons. The summed E-state index contributed by atoms with van der Waals surface area (Å²) in [6, 6.07) is 0. The highest BCUT2D eigenvalue weighted by atomic mass is 32.2. The van der Waals surface area contributed by atoms with Crippen LogP contribution in [0.5, 0.6) is 0 Å². The summed E-state index contributed by atoms with van der Waals surface area (Å²) in [4.78, 5) is 9.80. The summed E-state index contributed by atoms with van der Waals surface area (Å²) in [7, 11) is -4.36. The zero-order valence-electron chi connectivity index (χ0n) is 6.15. The van der Waals surface area contributed by atoms with Crippen LogP contribution in [-0.4, -0.2) is 42.4 Å². The molecule has 0 aliphatic rings. The average molecular weight is 198 g/mol. The number of aldehydes is 1. The molecule has 1 unspecified atom stereocenters. The minimum atomic E-state index is -3.05. The number of sulfone groups is 1. The molecule has 0 spiro atoms. The Morgan fingerprint density at radius 2 is 2.00 bits per heavy atom. The summed E-state index contributed by atoms with van der Waals surface area (Å²) in [5.41, 5.74) is 0. The van der Waals surface area contributed by atoms with Crippen molar-refractivity contribution in [2.45, 2.75) is 0 Å². The van der Waals surface area contributed by atoms with Gasteiger partial charge in [-0.1, -0.05) is 0 Å². The molecule has 0 aromatic carbocycles. The first-order valence-corrected chi connectivity index (χ1v) is 6.47. The van der Waals surface area contributed by atoms with Gasteiger partial charge in [0, 0.05) is 22.8 Å². The van der Waals surface area contributed by atoms with Gasteiger partial charge in [-0.05, 0) is 0 Å². The van der Waals surface area contributed by atoms with Crippen molar-refractivity contribution in [1.82, 2.24) is 0 Å². The fraction of sp³-hybridized carbons (Fsp3) is 0.800. The minimum Gasteiger partial charge on any atom is -0.302 e. The largest absolute Gasteiger partial charge is 0.302 e. The maximum absolute atomic E-state index is 10.7. The van der Waals surface area contributed by atoms with Gasteiger partial charge in [0.1, 0.15) is 16.1 Å². The zero-order chi connectivity index (χ0) is 8.91. The van der Waals surface area contributed by atoms with Gasteiger partial charge in [-0.15, -0.1) is 0 Å². The fourth-order valence-corrected chi connectivity index (χ4v) is 2.68. The SMILES string of the molecule is CS(=O)(=O)CCS(=O)CC=O. The molecule has 0 aliphatic carbocycles. The van der Waals surface area contributed by atoms with Crippen LogP contribution in [0.3, 0.4) is 0 Å². The Bertz CT molecular complexity index is 241. The van der Waals surface area contributed by atoms with Crippen LogP contribution in [0.25, 0.3) is 0 Å². The molecule has 0 rings (SSSR count). The van der Waals surface area contributed by atoms with E-state index in [-0.39, 0.29) is 17.3 Å². The second kappa shape index (κ2) is 4.61. The highest BCUT2D eigenvalue weighted by Gasteiger charge is 2.05. The quantitative estimate of drug-likeness (QED) is 0.530. The topological polar surface area (TPSA) is 68.3 Å². The zero-order valence-corrected chi connectivity index (χ0v) is 7.78. The molecule has 0 bridgehead atoms. The lowest BCUT2D eigenvalue weighted by molar-refractivity contribution is -0.105. The van der Waals surface area contributed by atoms with Crippen LogP contribution in [-0.2, 0) is 25.4 Å².